The lowest BCUT2D eigenvalue weighted by Gasteiger charge is -2.25. The third-order valence-electron chi connectivity index (χ3n) is 3.49. The molecule has 1 aromatic rings. The summed E-state index contributed by atoms with van der Waals surface area (Å²) < 4.78 is 4.89. The highest BCUT2D eigenvalue weighted by molar-refractivity contribution is 5.69. The first-order valence-corrected chi connectivity index (χ1v) is 6.89. The molecular formula is C15H21NO3. The zero-order valence-corrected chi connectivity index (χ0v) is 11.3. The van der Waals surface area contributed by atoms with Crippen LogP contribution in [0.3, 0.4) is 0 Å². The second-order valence-corrected chi connectivity index (χ2v) is 4.90. The molecule has 1 atom stereocenters. The first kappa shape index (κ1) is 13.9. The van der Waals surface area contributed by atoms with Crippen molar-refractivity contribution in [3.63, 3.8) is 0 Å². The van der Waals surface area contributed by atoms with Crippen molar-refractivity contribution >= 4 is 5.97 Å². The molecule has 4 nitrogen and oxygen atoms in total. The summed E-state index contributed by atoms with van der Waals surface area (Å²) in [5.74, 6) is 0.198. The standard InChI is InChI=1S/C15H21NO3/c1-2-19-15(18)7-8-16-13-5-3-12-10-14(17)6-4-11(12)9-13/h4,6,10,13,16-17H,2-3,5,7-9H2,1H3. The molecule has 0 bridgehead atoms. The van der Waals surface area contributed by atoms with Crippen molar-refractivity contribution in [2.24, 2.45) is 0 Å². The third-order valence-corrected chi connectivity index (χ3v) is 3.49. The third kappa shape index (κ3) is 3.96. The molecule has 4 heteroatoms. The number of benzene rings is 1. The van der Waals surface area contributed by atoms with Crippen molar-refractivity contribution in [2.45, 2.75) is 38.6 Å². The first-order valence-electron chi connectivity index (χ1n) is 6.89. The van der Waals surface area contributed by atoms with Crippen LogP contribution in [0.1, 0.15) is 30.9 Å². The molecule has 0 fully saturated rings. The number of ether oxygens (including phenoxy) is 1. The molecule has 0 aromatic heterocycles. The molecule has 1 aromatic carbocycles. The van der Waals surface area contributed by atoms with Crippen LogP contribution >= 0.6 is 0 Å². The van der Waals surface area contributed by atoms with Gasteiger partial charge in [0, 0.05) is 12.6 Å². The van der Waals surface area contributed by atoms with E-state index in [1.54, 1.807) is 6.07 Å². The van der Waals surface area contributed by atoms with Crippen molar-refractivity contribution in [1.82, 2.24) is 5.32 Å². The van der Waals surface area contributed by atoms with Crippen molar-refractivity contribution in [1.29, 1.82) is 0 Å². The van der Waals surface area contributed by atoms with Gasteiger partial charge in [0.05, 0.1) is 13.0 Å². The number of phenolic OH excluding ortho intramolecular Hbond substituents is 1. The predicted molar refractivity (Wildman–Crippen MR) is 73.2 cm³/mol. The maximum absolute atomic E-state index is 11.2. The van der Waals surface area contributed by atoms with Crippen LogP contribution < -0.4 is 5.32 Å². The Morgan fingerprint density at radius 2 is 2.32 bits per heavy atom. The second kappa shape index (κ2) is 6.57. The number of phenols is 1. The van der Waals surface area contributed by atoms with Crippen molar-refractivity contribution in [2.75, 3.05) is 13.2 Å². The van der Waals surface area contributed by atoms with Crippen molar-refractivity contribution in [3.8, 4) is 5.75 Å². The molecule has 0 aliphatic heterocycles. The quantitative estimate of drug-likeness (QED) is 0.795. The van der Waals surface area contributed by atoms with Gasteiger partial charge in [-0.25, -0.2) is 0 Å². The van der Waals surface area contributed by atoms with E-state index in [0.29, 0.717) is 31.4 Å². The number of nitrogens with one attached hydrogen (secondary N) is 1. The fourth-order valence-electron chi connectivity index (χ4n) is 2.53. The van der Waals surface area contributed by atoms with Gasteiger partial charge < -0.3 is 15.2 Å². The van der Waals surface area contributed by atoms with Gasteiger partial charge in [0.1, 0.15) is 5.75 Å². The van der Waals surface area contributed by atoms with Gasteiger partial charge in [0.25, 0.3) is 0 Å². The van der Waals surface area contributed by atoms with Crippen molar-refractivity contribution < 1.29 is 14.6 Å². The molecule has 2 N–H and O–H groups in total. The smallest absolute Gasteiger partial charge is 0.307 e. The molecular weight excluding hydrogens is 242 g/mol. The summed E-state index contributed by atoms with van der Waals surface area (Å²) in [6, 6.07) is 5.99. The summed E-state index contributed by atoms with van der Waals surface area (Å²) in [4.78, 5) is 11.2. The van der Waals surface area contributed by atoms with Crippen LogP contribution in [0.15, 0.2) is 18.2 Å². The Morgan fingerprint density at radius 1 is 1.47 bits per heavy atom. The van der Waals surface area contributed by atoms with Gasteiger partial charge in [0.2, 0.25) is 0 Å². The summed E-state index contributed by atoms with van der Waals surface area (Å²) in [6.45, 7) is 2.93. The van der Waals surface area contributed by atoms with E-state index < -0.39 is 0 Å². The topological polar surface area (TPSA) is 58.6 Å². The number of aromatic hydroxyl groups is 1. The Bertz CT molecular complexity index is 445. The Morgan fingerprint density at radius 3 is 3.11 bits per heavy atom. The van der Waals surface area contributed by atoms with E-state index in [-0.39, 0.29) is 5.97 Å². The van der Waals surface area contributed by atoms with E-state index in [1.165, 1.54) is 11.1 Å². The average molecular weight is 263 g/mol. The van der Waals surface area contributed by atoms with Gasteiger partial charge in [-0.1, -0.05) is 6.07 Å². The van der Waals surface area contributed by atoms with Gasteiger partial charge >= 0.3 is 5.97 Å². The minimum absolute atomic E-state index is 0.142. The zero-order valence-electron chi connectivity index (χ0n) is 11.3. The molecule has 0 saturated carbocycles. The van der Waals surface area contributed by atoms with E-state index in [1.807, 2.05) is 19.1 Å². The van der Waals surface area contributed by atoms with Gasteiger partial charge in [-0.15, -0.1) is 0 Å². The summed E-state index contributed by atoms with van der Waals surface area (Å²) in [6.07, 6.45) is 3.39. The highest BCUT2D eigenvalue weighted by Gasteiger charge is 2.18. The number of esters is 1. The number of carbonyl (C=O) groups is 1. The van der Waals surface area contributed by atoms with Crippen LogP contribution in [0.2, 0.25) is 0 Å². The molecule has 0 spiro atoms. The Balaban J connectivity index is 1.79. The summed E-state index contributed by atoms with van der Waals surface area (Å²) in [5, 5.41) is 12.8. The SMILES string of the molecule is CCOC(=O)CCNC1CCc2cc(O)ccc2C1. The van der Waals surface area contributed by atoms with Crippen LogP contribution in [0.25, 0.3) is 0 Å². The van der Waals surface area contributed by atoms with Crippen LogP contribution in [0.4, 0.5) is 0 Å². The maximum Gasteiger partial charge on any atom is 0.307 e. The largest absolute Gasteiger partial charge is 0.508 e. The second-order valence-electron chi connectivity index (χ2n) is 4.90. The van der Waals surface area contributed by atoms with E-state index in [2.05, 4.69) is 5.32 Å². The molecule has 19 heavy (non-hydrogen) atoms. The number of aryl methyl sites for hydroxylation is 1. The normalized spacial score (nSPS) is 17.8. The highest BCUT2D eigenvalue weighted by atomic mass is 16.5. The Kier molecular flexibility index (Phi) is 4.80. The van der Waals surface area contributed by atoms with Crippen molar-refractivity contribution in [3.05, 3.63) is 29.3 Å². The number of hydrogen-bond acceptors (Lipinski definition) is 4. The molecule has 0 heterocycles. The van der Waals surface area contributed by atoms with E-state index in [9.17, 15) is 9.90 Å². The lowest BCUT2D eigenvalue weighted by atomic mass is 9.88. The summed E-state index contributed by atoms with van der Waals surface area (Å²) in [7, 11) is 0. The highest BCUT2D eigenvalue weighted by Crippen LogP contribution is 2.24. The zero-order chi connectivity index (χ0) is 13.7. The van der Waals surface area contributed by atoms with Gasteiger partial charge in [-0.05, 0) is 49.4 Å². The minimum Gasteiger partial charge on any atom is -0.508 e. The maximum atomic E-state index is 11.2. The number of rotatable bonds is 5. The van der Waals surface area contributed by atoms with Crippen LogP contribution in [0, 0.1) is 0 Å². The fraction of sp³-hybridized carbons (Fsp3) is 0.533. The van der Waals surface area contributed by atoms with E-state index in [0.717, 1.165) is 19.3 Å². The molecule has 1 aliphatic carbocycles. The van der Waals surface area contributed by atoms with Gasteiger partial charge in [-0.2, -0.15) is 0 Å². The Labute approximate surface area is 113 Å². The monoisotopic (exact) mass is 263 g/mol. The molecule has 0 saturated heterocycles. The molecule has 2 rings (SSSR count). The minimum atomic E-state index is -0.142. The first-order chi connectivity index (χ1) is 9.19. The van der Waals surface area contributed by atoms with Gasteiger partial charge in [0.15, 0.2) is 0 Å². The Hall–Kier alpha value is -1.55. The summed E-state index contributed by atoms with van der Waals surface area (Å²) >= 11 is 0. The van der Waals surface area contributed by atoms with Gasteiger partial charge in [-0.3, -0.25) is 4.79 Å². The van der Waals surface area contributed by atoms with E-state index >= 15 is 0 Å². The lowest BCUT2D eigenvalue weighted by Crippen LogP contribution is -2.36. The van der Waals surface area contributed by atoms with E-state index in [4.69, 9.17) is 4.74 Å². The lowest BCUT2D eigenvalue weighted by molar-refractivity contribution is -0.143. The number of hydrogen-bond donors (Lipinski definition) is 2. The molecule has 1 aliphatic rings. The molecule has 104 valence electrons. The molecule has 0 amide bonds. The fourth-order valence-corrected chi connectivity index (χ4v) is 2.53. The predicted octanol–water partition coefficient (Wildman–Crippen LogP) is 1.79. The van der Waals surface area contributed by atoms with Crippen LogP contribution in [0.5, 0.6) is 5.75 Å². The molecule has 1 unspecified atom stereocenters. The summed E-state index contributed by atoms with van der Waals surface area (Å²) in [5.41, 5.74) is 2.53. The van der Waals surface area contributed by atoms with Crippen LogP contribution in [-0.4, -0.2) is 30.3 Å². The number of carbonyl (C=O) groups excluding carboxylic acids is 1. The average Bonchev–Trinajstić information content (AvgIpc) is 2.39. The van der Waals surface area contributed by atoms with Crippen LogP contribution in [-0.2, 0) is 22.4 Å². The molecule has 0 radical (unpaired) electrons. The number of fused-ring (bicyclic) bond motifs is 1.